The number of aryl methyl sites for hydroxylation is 1. The van der Waals surface area contributed by atoms with Crippen LogP contribution in [-0.4, -0.2) is 45.8 Å². The molecule has 1 amide bonds. The monoisotopic (exact) mass is 300 g/mol. The molecule has 1 fully saturated rings. The summed E-state index contributed by atoms with van der Waals surface area (Å²) < 4.78 is 6.83. The molecule has 2 aromatic heterocycles. The molecule has 22 heavy (non-hydrogen) atoms. The SMILES string of the molecule is COc1ccc(C(=O)N2CCCC(c3ccn(C)n3)C2)cn1. The first-order valence-electron chi connectivity index (χ1n) is 7.46. The second-order valence-corrected chi connectivity index (χ2v) is 5.59. The van der Waals surface area contributed by atoms with Crippen LogP contribution in [0.2, 0.25) is 0 Å². The minimum absolute atomic E-state index is 0.0239. The van der Waals surface area contributed by atoms with Crippen molar-refractivity contribution in [3.8, 4) is 5.88 Å². The van der Waals surface area contributed by atoms with Gasteiger partial charge in [0.2, 0.25) is 5.88 Å². The number of ether oxygens (including phenoxy) is 1. The van der Waals surface area contributed by atoms with Crippen molar-refractivity contribution < 1.29 is 9.53 Å². The molecule has 0 spiro atoms. The van der Waals surface area contributed by atoms with E-state index in [1.165, 1.54) is 0 Å². The molecule has 3 rings (SSSR count). The van der Waals surface area contributed by atoms with Gasteiger partial charge in [0, 0.05) is 44.5 Å². The van der Waals surface area contributed by atoms with Crippen LogP contribution >= 0.6 is 0 Å². The predicted molar refractivity (Wildman–Crippen MR) is 81.9 cm³/mol. The van der Waals surface area contributed by atoms with Crippen LogP contribution in [0.15, 0.2) is 30.6 Å². The lowest BCUT2D eigenvalue weighted by Crippen LogP contribution is -2.39. The number of carbonyl (C=O) groups excluding carboxylic acids is 1. The molecule has 1 unspecified atom stereocenters. The molecule has 6 nitrogen and oxygen atoms in total. The standard InChI is InChI=1S/C16H20N4O2/c1-19-9-7-14(18-19)13-4-3-8-20(11-13)16(21)12-5-6-15(22-2)17-10-12/h5-7,9-10,13H,3-4,8,11H2,1-2H3. The van der Waals surface area contributed by atoms with E-state index < -0.39 is 0 Å². The molecule has 0 bridgehead atoms. The highest BCUT2D eigenvalue weighted by Crippen LogP contribution is 2.26. The van der Waals surface area contributed by atoms with Crippen LogP contribution in [0.4, 0.5) is 0 Å². The average molecular weight is 300 g/mol. The predicted octanol–water partition coefficient (Wildman–Crippen LogP) is 1.84. The lowest BCUT2D eigenvalue weighted by Gasteiger charge is -2.32. The molecule has 0 radical (unpaired) electrons. The van der Waals surface area contributed by atoms with E-state index in [0.717, 1.165) is 25.1 Å². The second-order valence-electron chi connectivity index (χ2n) is 5.59. The van der Waals surface area contributed by atoms with Crippen LogP contribution in [0.25, 0.3) is 0 Å². The molecule has 1 aliphatic rings. The van der Waals surface area contributed by atoms with Crippen molar-refractivity contribution in [1.82, 2.24) is 19.7 Å². The van der Waals surface area contributed by atoms with E-state index in [0.29, 0.717) is 23.9 Å². The fourth-order valence-corrected chi connectivity index (χ4v) is 2.86. The molecular formula is C16H20N4O2. The van der Waals surface area contributed by atoms with E-state index in [9.17, 15) is 4.79 Å². The third-order valence-electron chi connectivity index (χ3n) is 4.05. The van der Waals surface area contributed by atoms with Crippen molar-refractivity contribution in [2.24, 2.45) is 7.05 Å². The van der Waals surface area contributed by atoms with Crippen molar-refractivity contribution in [1.29, 1.82) is 0 Å². The van der Waals surface area contributed by atoms with E-state index in [4.69, 9.17) is 4.74 Å². The highest BCUT2D eigenvalue weighted by Gasteiger charge is 2.26. The van der Waals surface area contributed by atoms with Crippen LogP contribution < -0.4 is 4.74 Å². The number of pyridine rings is 1. The quantitative estimate of drug-likeness (QED) is 0.868. The van der Waals surface area contributed by atoms with Gasteiger partial charge in [0.25, 0.3) is 5.91 Å². The van der Waals surface area contributed by atoms with Crippen molar-refractivity contribution in [2.75, 3.05) is 20.2 Å². The summed E-state index contributed by atoms with van der Waals surface area (Å²) >= 11 is 0. The number of methoxy groups -OCH3 is 1. The molecule has 3 heterocycles. The van der Waals surface area contributed by atoms with Gasteiger partial charge >= 0.3 is 0 Å². The van der Waals surface area contributed by atoms with Gasteiger partial charge in [0.15, 0.2) is 0 Å². The minimum atomic E-state index is 0.0239. The first kappa shape index (κ1) is 14.6. The largest absolute Gasteiger partial charge is 0.481 e. The number of hydrogen-bond acceptors (Lipinski definition) is 4. The number of amides is 1. The fourth-order valence-electron chi connectivity index (χ4n) is 2.86. The summed E-state index contributed by atoms with van der Waals surface area (Å²) in [5, 5.41) is 4.47. The first-order chi connectivity index (χ1) is 10.7. The molecule has 0 aromatic carbocycles. The molecule has 1 aliphatic heterocycles. The summed E-state index contributed by atoms with van der Waals surface area (Å²) in [6.45, 7) is 1.50. The Morgan fingerprint density at radius 1 is 1.36 bits per heavy atom. The van der Waals surface area contributed by atoms with Crippen molar-refractivity contribution in [2.45, 2.75) is 18.8 Å². The Balaban J connectivity index is 1.71. The maximum Gasteiger partial charge on any atom is 0.255 e. The molecule has 0 aliphatic carbocycles. The summed E-state index contributed by atoms with van der Waals surface area (Å²) in [5.41, 5.74) is 1.66. The Hall–Kier alpha value is -2.37. The Morgan fingerprint density at radius 2 is 2.23 bits per heavy atom. The van der Waals surface area contributed by atoms with Gasteiger partial charge in [-0.05, 0) is 25.0 Å². The summed E-state index contributed by atoms with van der Waals surface area (Å²) in [7, 11) is 3.48. The zero-order chi connectivity index (χ0) is 15.5. The summed E-state index contributed by atoms with van der Waals surface area (Å²) in [4.78, 5) is 18.6. The van der Waals surface area contributed by atoms with Gasteiger partial charge in [-0.15, -0.1) is 0 Å². The Labute approximate surface area is 129 Å². The molecule has 116 valence electrons. The molecule has 1 atom stereocenters. The zero-order valence-electron chi connectivity index (χ0n) is 12.9. The van der Waals surface area contributed by atoms with Crippen LogP contribution in [0.5, 0.6) is 5.88 Å². The fraction of sp³-hybridized carbons (Fsp3) is 0.438. The van der Waals surface area contributed by atoms with Gasteiger partial charge < -0.3 is 9.64 Å². The maximum absolute atomic E-state index is 12.6. The molecule has 6 heteroatoms. The number of piperidine rings is 1. The number of hydrogen-bond donors (Lipinski definition) is 0. The normalized spacial score (nSPS) is 18.3. The number of rotatable bonds is 3. The van der Waals surface area contributed by atoms with Gasteiger partial charge in [-0.3, -0.25) is 9.48 Å². The van der Waals surface area contributed by atoms with Gasteiger partial charge in [0.1, 0.15) is 0 Å². The maximum atomic E-state index is 12.6. The minimum Gasteiger partial charge on any atom is -0.481 e. The summed E-state index contributed by atoms with van der Waals surface area (Å²) in [6.07, 6.45) is 5.59. The second kappa shape index (κ2) is 6.17. The molecule has 0 N–H and O–H groups in total. The van der Waals surface area contributed by atoms with E-state index in [1.54, 1.807) is 25.4 Å². The van der Waals surface area contributed by atoms with Gasteiger partial charge in [-0.25, -0.2) is 4.98 Å². The van der Waals surface area contributed by atoms with Crippen molar-refractivity contribution >= 4 is 5.91 Å². The summed E-state index contributed by atoms with van der Waals surface area (Å²) in [6, 6.07) is 5.51. The van der Waals surface area contributed by atoms with E-state index >= 15 is 0 Å². The van der Waals surface area contributed by atoms with Crippen LogP contribution in [0, 0.1) is 0 Å². The molecule has 0 saturated carbocycles. The third-order valence-corrected chi connectivity index (χ3v) is 4.05. The average Bonchev–Trinajstić information content (AvgIpc) is 3.01. The van der Waals surface area contributed by atoms with Crippen LogP contribution in [-0.2, 0) is 7.05 Å². The van der Waals surface area contributed by atoms with Gasteiger partial charge in [0.05, 0.1) is 18.4 Å². The van der Waals surface area contributed by atoms with Crippen LogP contribution in [0.1, 0.15) is 34.8 Å². The molecule has 2 aromatic rings. The molecule has 1 saturated heterocycles. The number of carbonyl (C=O) groups is 1. The van der Waals surface area contributed by atoms with E-state index in [-0.39, 0.29) is 5.91 Å². The Morgan fingerprint density at radius 3 is 2.86 bits per heavy atom. The zero-order valence-corrected chi connectivity index (χ0v) is 12.9. The Bertz CT molecular complexity index is 650. The highest BCUT2D eigenvalue weighted by atomic mass is 16.5. The van der Waals surface area contributed by atoms with E-state index in [1.807, 2.05) is 28.9 Å². The smallest absolute Gasteiger partial charge is 0.255 e. The number of aromatic nitrogens is 3. The third kappa shape index (κ3) is 2.95. The molecular weight excluding hydrogens is 280 g/mol. The number of nitrogens with zero attached hydrogens (tertiary/aromatic N) is 4. The Kier molecular flexibility index (Phi) is 4.09. The van der Waals surface area contributed by atoms with E-state index in [2.05, 4.69) is 10.1 Å². The van der Waals surface area contributed by atoms with Crippen LogP contribution in [0.3, 0.4) is 0 Å². The summed E-state index contributed by atoms with van der Waals surface area (Å²) in [5.74, 6) is 0.849. The first-order valence-corrected chi connectivity index (χ1v) is 7.46. The topological polar surface area (TPSA) is 60.2 Å². The lowest BCUT2D eigenvalue weighted by molar-refractivity contribution is 0.0705. The lowest BCUT2D eigenvalue weighted by atomic mass is 9.94. The number of likely N-dealkylation sites (tertiary alicyclic amines) is 1. The van der Waals surface area contributed by atoms with Gasteiger partial charge in [-0.2, -0.15) is 5.10 Å². The van der Waals surface area contributed by atoms with Crippen molar-refractivity contribution in [3.05, 3.63) is 41.9 Å². The van der Waals surface area contributed by atoms with Gasteiger partial charge in [-0.1, -0.05) is 0 Å². The highest BCUT2D eigenvalue weighted by molar-refractivity contribution is 5.94. The van der Waals surface area contributed by atoms with Crippen molar-refractivity contribution in [3.63, 3.8) is 0 Å².